The van der Waals surface area contributed by atoms with Crippen LogP contribution in [0.4, 0.5) is 5.69 Å². The van der Waals surface area contributed by atoms with E-state index >= 15 is 0 Å². The first kappa shape index (κ1) is 22.1. The van der Waals surface area contributed by atoms with Gasteiger partial charge in [0.15, 0.2) is 5.11 Å². The number of amides is 1. The number of halogens is 4. The van der Waals surface area contributed by atoms with Crippen LogP contribution in [0.2, 0.25) is 5.02 Å². The van der Waals surface area contributed by atoms with Crippen molar-refractivity contribution in [3.05, 3.63) is 65.2 Å². The third-order valence-corrected chi connectivity index (χ3v) is 4.58. The molecule has 0 radical (unpaired) electrons. The molecule has 0 unspecified atom stereocenters. The summed E-state index contributed by atoms with van der Waals surface area (Å²) < 4.78 is -1.80. The zero-order valence-electron chi connectivity index (χ0n) is 14.0. The second kappa shape index (κ2) is 10.3. The van der Waals surface area contributed by atoms with Gasteiger partial charge in [-0.3, -0.25) is 4.79 Å². The summed E-state index contributed by atoms with van der Waals surface area (Å²) in [6, 6.07) is 16.6. The van der Waals surface area contributed by atoms with Gasteiger partial charge in [-0.25, -0.2) is 0 Å². The van der Waals surface area contributed by atoms with Gasteiger partial charge >= 0.3 is 0 Å². The molecule has 2 rings (SSSR count). The molecule has 0 aliphatic heterocycles. The van der Waals surface area contributed by atoms with Crippen LogP contribution in [0, 0.1) is 0 Å². The summed E-state index contributed by atoms with van der Waals surface area (Å²) in [5.41, 5.74) is 1.71. The fourth-order valence-corrected chi connectivity index (χ4v) is 2.95. The smallest absolute Gasteiger partial charge is 0.228 e. The van der Waals surface area contributed by atoms with E-state index in [9.17, 15) is 4.79 Å². The van der Waals surface area contributed by atoms with E-state index < -0.39 is 9.96 Å². The number of carbonyl (C=O) groups excluding carboxylic acids is 1. The maximum absolute atomic E-state index is 12.2. The van der Waals surface area contributed by atoms with Crippen LogP contribution in [0.15, 0.2) is 54.6 Å². The number of thiocarbonyl (C=S) groups is 1. The summed E-state index contributed by atoms with van der Waals surface area (Å²) in [7, 11) is 0. The van der Waals surface area contributed by atoms with Crippen molar-refractivity contribution in [1.82, 2.24) is 10.6 Å². The highest BCUT2D eigenvalue weighted by Crippen LogP contribution is 2.29. The summed E-state index contributed by atoms with van der Waals surface area (Å²) in [5, 5.41) is 9.11. The van der Waals surface area contributed by atoms with Crippen LogP contribution in [0.3, 0.4) is 0 Å². The van der Waals surface area contributed by atoms with Gasteiger partial charge in [-0.15, -0.1) is 0 Å². The standard InChI is InChI=1S/C18H17Cl4N3OS/c19-13-7-4-8-14(11-13)23-17(27)25-16(18(20,21)22)24-15(26)10-9-12-5-2-1-3-6-12/h1-8,11,16H,9-10H2,(H,24,26)(H2,23,25,27)/t16-/m0/s1. The Balaban J connectivity index is 1.92. The molecule has 27 heavy (non-hydrogen) atoms. The number of benzene rings is 2. The Kier molecular flexibility index (Phi) is 8.45. The van der Waals surface area contributed by atoms with Crippen molar-refractivity contribution in [2.45, 2.75) is 22.8 Å². The molecular formula is C18H17Cl4N3OS. The predicted molar refractivity (Wildman–Crippen MR) is 118 cm³/mol. The number of anilines is 1. The average Bonchev–Trinajstić information content (AvgIpc) is 2.59. The van der Waals surface area contributed by atoms with Gasteiger partial charge in [0, 0.05) is 17.1 Å². The third kappa shape index (κ3) is 8.11. The average molecular weight is 465 g/mol. The van der Waals surface area contributed by atoms with E-state index in [1.165, 1.54) is 0 Å². The highest BCUT2D eigenvalue weighted by molar-refractivity contribution is 7.80. The van der Waals surface area contributed by atoms with Gasteiger partial charge in [-0.1, -0.05) is 82.8 Å². The Morgan fingerprint density at radius 3 is 2.37 bits per heavy atom. The Labute approximate surface area is 183 Å². The molecule has 0 aliphatic carbocycles. The lowest BCUT2D eigenvalue weighted by Crippen LogP contribution is -2.56. The molecule has 2 aromatic carbocycles. The van der Waals surface area contributed by atoms with Crippen LogP contribution in [0.5, 0.6) is 0 Å². The van der Waals surface area contributed by atoms with Gasteiger partial charge in [0.2, 0.25) is 9.70 Å². The number of aryl methyl sites for hydroxylation is 1. The van der Waals surface area contributed by atoms with E-state index in [0.29, 0.717) is 17.1 Å². The Morgan fingerprint density at radius 2 is 1.74 bits per heavy atom. The summed E-state index contributed by atoms with van der Waals surface area (Å²) in [5.74, 6) is -0.270. The van der Waals surface area contributed by atoms with Gasteiger partial charge in [0.25, 0.3) is 0 Å². The lowest BCUT2D eigenvalue weighted by atomic mass is 10.1. The van der Waals surface area contributed by atoms with E-state index in [1.807, 2.05) is 30.3 Å². The summed E-state index contributed by atoms with van der Waals surface area (Å²) in [6.07, 6.45) is -0.188. The largest absolute Gasteiger partial charge is 0.339 e. The maximum Gasteiger partial charge on any atom is 0.228 e. The maximum atomic E-state index is 12.2. The number of alkyl halides is 3. The van der Waals surface area contributed by atoms with Gasteiger partial charge in [-0.2, -0.15) is 0 Å². The predicted octanol–water partition coefficient (Wildman–Crippen LogP) is 5.07. The zero-order valence-corrected chi connectivity index (χ0v) is 17.9. The summed E-state index contributed by atoms with van der Waals surface area (Å²) in [4.78, 5) is 12.2. The normalized spacial score (nSPS) is 12.1. The number of hydrogen-bond donors (Lipinski definition) is 3. The molecule has 1 atom stereocenters. The molecule has 0 heterocycles. The number of hydrogen-bond acceptors (Lipinski definition) is 2. The fraction of sp³-hybridized carbons (Fsp3) is 0.222. The quantitative estimate of drug-likeness (QED) is 0.317. The van der Waals surface area contributed by atoms with Crippen LogP contribution in [0.25, 0.3) is 0 Å². The Bertz CT molecular complexity index is 784. The molecule has 0 spiro atoms. The van der Waals surface area contributed by atoms with Gasteiger partial charge in [0.1, 0.15) is 6.17 Å². The molecule has 1 amide bonds. The minimum Gasteiger partial charge on any atom is -0.339 e. The van der Waals surface area contributed by atoms with Gasteiger partial charge in [0.05, 0.1) is 0 Å². The fourth-order valence-electron chi connectivity index (χ4n) is 2.20. The highest BCUT2D eigenvalue weighted by Gasteiger charge is 2.34. The van der Waals surface area contributed by atoms with Crippen molar-refractivity contribution < 1.29 is 4.79 Å². The summed E-state index contributed by atoms with van der Waals surface area (Å²) in [6.45, 7) is 0. The molecule has 2 aromatic rings. The first-order chi connectivity index (χ1) is 12.7. The Morgan fingerprint density at radius 1 is 1.04 bits per heavy atom. The summed E-state index contributed by atoms with van der Waals surface area (Å²) >= 11 is 29.1. The van der Waals surface area contributed by atoms with E-state index in [-0.39, 0.29) is 17.4 Å². The van der Waals surface area contributed by atoms with Crippen LogP contribution in [0.1, 0.15) is 12.0 Å². The van der Waals surface area contributed by atoms with E-state index in [1.54, 1.807) is 24.3 Å². The number of rotatable bonds is 6. The van der Waals surface area contributed by atoms with Crippen molar-refractivity contribution in [2.24, 2.45) is 0 Å². The van der Waals surface area contributed by atoms with Crippen LogP contribution >= 0.6 is 58.6 Å². The van der Waals surface area contributed by atoms with E-state index in [0.717, 1.165) is 5.56 Å². The number of nitrogens with one attached hydrogen (secondary N) is 3. The number of carbonyl (C=O) groups is 1. The van der Waals surface area contributed by atoms with Crippen molar-refractivity contribution in [1.29, 1.82) is 0 Å². The van der Waals surface area contributed by atoms with Crippen molar-refractivity contribution >= 4 is 75.3 Å². The van der Waals surface area contributed by atoms with Gasteiger partial charge in [-0.05, 0) is 42.4 Å². The van der Waals surface area contributed by atoms with Crippen LogP contribution in [-0.2, 0) is 11.2 Å². The molecule has 4 nitrogen and oxygen atoms in total. The van der Waals surface area contributed by atoms with Crippen molar-refractivity contribution in [3.8, 4) is 0 Å². The minimum absolute atomic E-state index is 0.178. The second-order valence-electron chi connectivity index (χ2n) is 5.64. The molecular weight excluding hydrogens is 448 g/mol. The van der Waals surface area contributed by atoms with Crippen LogP contribution in [-0.4, -0.2) is 21.0 Å². The third-order valence-electron chi connectivity index (χ3n) is 3.47. The van der Waals surface area contributed by atoms with Crippen molar-refractivity contribution in [2.75, 3.05) is 5.32 Å². The first-order valence-corrected chi connectivity index (χ1v) is 9.89. The molecule has 144 valence electrons. The molecule has 0 aliphatic rings. The molecule has 0 aromatic heterocycles. The second-order valence-corrected chi connectivity index (χ2v) is 8.85. The molecule has 0 saturated carbocycles. The highest BCUT2D eigenvalue weighted by atomic mass is 35.6. The Hall–Kier alpha value is -1.24. The van der Waals surface area contributed by atoms with E-state index in [4.69, 9.17) is 58.6 Å². The molecule has 3 N–H and O–H groups in total. The van der Waals surface area contributed by atoms with E-state index in [2.05, 4.69) is 16.0 Å². The first-order valence-electron chi connectivity index (χ1n) is 7.97. The van der Waals surface area contributed by atoms with Gasteiger partial charge < -0.3 is 16.0 Å². The topological polar surface area (TPSA) is 53.2 Å². The molecule has 0 saturated heterocycles. The molecule has 9 heteroatoms. The monoisotopic (exact) mass is 463 g/mol. The lowest BCUT2D eigenvalue weighted by Gasteiger charge is -2.27. The SMILES string of the molecule is O=C(CCc1ccccc1)N[C@@H](NC(=S)Nc1cccc(Cl)c1)C(Cl)(Cl)Cl. The minimum atomic E-state index is -1.80. The van der Waals surface area contributed by atoms with Crippen LogP contribution < -0.4 is 16.0 Å². The van der Waals surface area contributed by atoms with Crippen molar-refractivity contribution in [3.63, 3.8) is 0 Å². The zero-order chi connectivity index (χ0) is 19.9. The lowest BCUT2D eigenvalue weighted by molar-refractivity contribution is -0.121. The molecule has 0 fully saturated rings. The molecule has 0 bridgehead atoms.